The van der Waals surface area contributed by atoms with E-state index in [1.807, 2.05) is 24.9 Å². The van der Waals surface area contributed by atoms with Crippen molar-refractivity contribution < 1.29 is 4.74 Å². The van der Waals surface area contributed by atoms with Gasteiger partial charge in [-0.05, 0) is 6.92 Å². The largest absolute Gasteiger partial charge is 0.382 e. The van der Waals surface area contributed by atoms with Crippen molar-refractivity contribution in [2.75, 3.05) is 25.1 Å². The molecule has 0 aromatic carbocycles. The number of aromatic nitrogens is 2. The molecule has 0 unspecified atom stereocenters. The molecular formula is C10H17N3O. The number of hydrogen-bond acceptors (Lipinski definition) is 3. The molecule has 1 N–H and O–H groups in total. The Labute approximate surface area is 84.3 Å². The second kappa shape index (κ2) is 3.28. The summed E-state index contributed by atoms with van der Waals surface area (Å²) in [5, 5.41) is 7.69. The Bertz CT molecular complexity index is 328. The van der Waals surface area contributed by atoms with E-state index in [0.29, 0.717) is 5.41 Å². The monoisotopic (exact) mass is 195 g/mol. The highest BCUT2D eigenvalue weighted by molar-refractivity contribution is 5.45. The zero-order valence-corrected chi connectivity index (χ0v) is 9.00. The number of rotatable bonds is 3. The molecule has 0 amide bonds. The fraction of sp³-hybridized carbons (Fsp3) is 0.700. The molecular weight excluding hydrogens is 178 g/mol. The predicted octanol–water partition coefficient (Wildman–Crippen LogP) is 1.18. The smallest absolute Gasteiger partial charge is 0.0824 e. The highest BCUT2D eigenvalue weighted by atomic mass is 16.5. The summed E-state index contributed by atoms with van der Waals surface area (Å²) in [5.74, 6) is 0. The van der Waals surface area contributed by atoms with E-state index in [-0.39, 0.29) is 0 Å². The maximum Gasteiger partial charge on any atom is 0.0824 e. The standard InChI is InChI=1S/C10H17N3O/c1-8-9(4-13(3)12-8)11-5-10(2)6-14-7-10/h4,11H,5-7H2,1-3H3. The molecule has 1 aromatic heterocycles. The first kappa shape index (κ1) is 9.52. The lowest BCUT2D eigenvalue weighted by Gasteiger charge is -2.38. The van der Waals surface area contributed by atoms with Crippen molar-refractivity contribution in [3.05, 3.63) is 11.9 Å². The normalized spacial score (nSPS) is 19.1. The Morgan fingerprint density at radius 1 is 1.64 bits per heavy atom. The van der Waals surface area contributed by atoms with E-state index < -0.39 is 0 Å². The third kappa shape index (κ3) is 1.75. The van der Waals surface area contributed by atoms with E-state index in [4.69, 9.17) is 4.74 Å². The quantitative estimate of drug-likeness (QED) is 0.787. The summed E-state index contributed by atoms with van der Waals surface area (Å²) in [5.41, 5.74) is 2.49. The molecule has 0 aliphatic carbocycles. The molecule has 1 fully saturated rings. The number of aryl methyl sites for hydroxylation is 2. The van der Waals surface area contributed by atoms with Crippen molar-refractivity contribution in [2.45, 2.75) is 13.8 Å². The second-order valence-electron chi connectivity index (χ2n) is 4.46. The van der Waals surface area contributed by atoms with Gasteiger partial charge in [0.15, 0.2) is 0 Å². The van der Waals surface area contributed by atoms with Crippen LogP contribution < -0.4 is 5.32 Å². The Hall–Kier alpha value is -1.03. The number of anilines is 1. The molecule has 0 spiro atoms. The Balaban J connectivity index is 1.94. The number of nitrogens with one attached hydrogen (secondary N) is 1. The van der Waals surface area contributed by atoms with Gasteiger partial charge in [-0.25, -0.2) is 0 Å². The Morgan fingerprint density at radius 2 is 2.36 bits per heavy atom. The van der Waals surface area contributed by atoms with E-state index >= 15 is 0 Å². The fourth-order valence-corrected chi connectivity index (χ4v) is 1.63. The van der Waals surface area contributed by atoms with Gasteiger partial charge in [-0.3, -0.25) is 4.68 Å². The van der Waals surface area contributed by atoms with Gasteiger partial charge in [0.25, 0.3) is 0 Å². The number of hydrogen-bond donors (Lipinski definition) is 1. The first-order valence-corrected chi connectivity index (χ1v) is 4.91. The summed E-state index contributed by atoms with van der Waals surface area (Å²) in [4.78, 5) is 0. The van der Waals surface area contributed by atoms with Crippen LogP contribution in [-0.4, -0.2) is 29.5 Å². The molecule has 0 atom stereocenters. The minimum Gasteiger partial charge on any atom is -0.382 e. The van der Waals surface area contributed by atoms with Crippen molar-refractivity contribution in [1.82, 2.24) is 9.78 Å². The molecule has 4 heteroatoms. The van der Waals surface area contributed by atoms with Crippen molar-refractivity contribution in [1.29, 1.82) is 0 Å². The lowest BCUT2D eigenvalue weighted by Crippen LogP contribution is -2.45. The van der Waals surface area contributed by atoms with Gasteiger partial charge < -0.3 is 10.1 Å². The zero-order chi connectivity index (χ0) is 10.2. The average Bonchev–Trinajstić information content (AvgIpc) is 2.38. The van der Waals surface area contributed by atoms with Crippen LogP contribution >= 0.6 is 0 Å². The first-order chi connectivity index (χ1) is 6.59. The maximum atomic E-state index is 5.20. The number of ether oxygens (including phenoxy) is 1. The second-order valence-corrected chi connectivity index (χ2v) is 4.46. The van der Waals surface area contributed by atoms with Gasteiger partial charge >= 0.3 is 0 Å². The number of nitrogens with zero attached hydrogens (tertiary/aromatic N) is 2. The van der Waals surface area contributed by atoms with Crippen LogP contribution in [0.2, 0.25) is 0 Å². The third-order valence-electron chi connectivity index (χ3n) is 2.62. The molecule has 0 radical (unpaired) electrons. The van der Waals surface area contributed by atoms with E-state index in [9.17, 15) is 0 Å². The van der Waals surface area contributed by atoms with Crippen LogP contribution in [0, 0.1) is 12.3 Å². The van der Waals surface area contributed by atoms with Gasteiger partial charge in [0.2, 0.25) is 0 Å². The van der Waals surface area contributed by atoms with Crippen LogP contribution in [0.5, 0.6) is 0 Å². The highest BCUT2D eigenvalue weighted by Crippen LogP contribution is 2.27. The van der Waals surface area contributed by atoms with Crippen LogP contribution in [0.15, 0.2) is 6.20 Å². The van der Waals surface area contributed by atoms with Crippen molar-refractivity contribution >= 4 is 5.69 Å². The molecule has 1 aromatic rings. The molecule has 14 heavy (non-hydrogen) atoms. The van der Waals surface area contributed by atoms with Gasteiger partial charge in [0.1, 0.15) is 0 Å². The van der Waals surface area contributed by atoms with Crippen LogP contribution in [0.25, 0.3) is 0 Å². The van der Waals surface area contributed by atoms with Crippen molar-refractivity contribution in [3.63, 3.8) is 0 Å². The van der Waals surface area contributed by atoms with Gasteiger partial charge in [-0.2, -0.15) is 5.10 Å². The third-order valence-corrected chi connectivity index (χ3v) is 2.62. The summed E-state index contributed by atoms with van der Waals surface area (Å²) in [6, 6.07) is 0. The van der Waals surface area contributed by atoms with Gasteiger partial charge in [0, 0.05) is 25.2 Å². The summed E-state index contributed by atoms with van der Waals surface area (Å²) in [7, 11) is 1.94. The average molecular weight is 195 g/mol. The van der Waals surface area contributed by atoms with Crippen molar-refractivity contribution in [2.24, 2.45) is 12.5 Å². The summed E-state index contributed by atoms with van der Waals surface area (Å²) >= 11 is 0. The minimum atomic E-state index is 0.308. The topological polar surface area (TPSA) is 39.1 Å². The summed E-state index contributed by atoms with van der Waals surface area (Å²) < 4.78 is 7.03. The van der Waals surface area contributed by atoms with E-state index in [1.54, 1.807) is 0 Å². The SMILES string of the molecule is Cc1nn(C)cc1NCC1(C)COC1. The maximum absolute atomic E-state index is 5.20. The van der Waals surface area contributed by atoms with Crippen LogP contribution in [0.4, 0.5) is 5.69 Å². The molecule has 1 aliphatic rings. The highest BCUT2D eigenvalue weighted by Gasteiger charge is 2.33. The predicted molar refractivity (Wildman–Crippen MR) is 55.4 cm³/mol. The Kier molecular flexibility index (Phi) is 2.23. The Morgan fingerprint density at radius 3 is 2.79 bits per heavy atom. The molecule has 4 nitrogen and oxygen atoms in total. The summed E-state index contributed by atoms with van der Waals surface area (Å²) in [6.07, 6.45) is 2.01. The molecule has 0 bridgehead atoms. The van der Waals surface area contributed by atoms with E-state index in [2.05, 4.69) is 17.3 Å². The minimum absolute atomic E-state index is 0.308. The molecule has 0 saturated carbocycles. The van der Waals surface area contributed by atoms with Gasteiger partial charge in [-0.1, -0.05) is 6.92 Å². The van der Waals surface area contributed by atoms with Gasteiger partial charge in [0.05, 0.1) is 24.6 Å². The van der Waals surface area contributed by atoms with E-state index in [1.165, 1.54) is 0 Å². The molecule has 78 valence electrons. The zero-order valence-electron chi connectivity index (χ0n) is 9.00. The van der Waals surface area contributed by atoms with E-state index in [0.717, 1.165) is 31.1 Å². The van der Waals surface area contributed by atoms with Crippen LogP contribution in [0.1, 0.15) is 12.6 Å². The first-order valence-electron chi connectivity index (χ1n) is 4.91. The molecule has 1 aliphatic heterocycles. The van der Waals surface area contributed by atoms with Crippen LogP contribution in [0.3, 0.4) is 0 Å². The summed E-state index contributed by atoms with van der Waals surface area (Å²) in [6.45, 7) is 6.93. The lowest BCUT2D eigenvalue weighted by molar-refractivity contribution is -0.0924. The van der Waals surface area contributed by atoms with Crippen LogP contribution in [-0.2, 0) is 11.8 Å². The van der Waals surface area contributed by atoms with Crippen molar-refractivity contribution in [3.8, 4) is 0 Å². The lowest BCUT2D eigenvalue weighted by atomic mass is 9.89. The van der Waals surface area contributed by atoms with Gasteiger partial charge in [-0.15, -0.1) is 0 Å². The fourth-order valence-electron chi connectivity index (χ4n) is 1.63. The molecule has 2 heterocycles. The molecule has 1 saturated heterocycles. The molecule has 2 rings (SSSR count).